The summed E-state index contributed by atoms with van der Waals surface area (Å²) in [4.78, 5) is 16.7. The van der Waals surface area contributed by atoms with Crippen LogP contribution in [0.15, 0.2) is 48.8 Å². The van der Waals surface area contributed by atoms with E-state index in [0.29, 0.717) is 18.7 Å². The van der Waals surface area contributed by atoms with E-state index in [2.05, 4.69) is 10.3 Å². The molecule has 3 rings (SSSR count). The number of imidazole rings is 1. The minimum Gasteiger partial charge on any atom is -0.497 e. The molecule has 1 amide bonds. The van der Waals surface area contributed by atoms with Crippen LogP contribution in [0.1, 0.15) is 24.9 Å². The smallest absolute Gasteiger partial charge is 0.222 e. The molecule has 6 heteroatoms. The lowest BCUT2D eigenvalue weighted by molar-refractivity contribution is -0.121. The SMILES string of the molecule is COc1ccc(C(C)NC(=O)CCn2cnc3ccccc32)c(OC)c1. The molecule has 1 atom stereocenters. The summed E-state index contributed by atoms with van der Waals surface area (Å²) in [6.45, 7) is 2.52. The van der Waals surface area contributed by atoms with Crippen molar-refractivity contribution in [2.45, 2.75) is 25.9 Å². The Kier molecular flexibility index (Phi) is 5.41. The number of para-hydroxylation sites is 2. The number of ether oxygens (including phenoxy) is 2. The van der Waals surface area contributed by atoms with Gasteiger partial charge in [-0.15, -0.1) is 0 Å². The van der Waals surface area contributed by atoms with E-state index < -0.39 is 0 Å². The Labute approximate surface area is 152 Å². The molecule has 0 fully saturated rings. The molecule has 0 radical (unpaired) electrons. The van der Waals surface area contributed by atoms with Crippen LogP contribution in [0, 0.1) is 0 Å². The van der Waals surface area contributed by atoms with Crippen LogP contribution < -0.4 is 14.8 Å². The van der Waals surface area contributed by atoms with Crippen molar-refractivity contribution in [1.82, 2.24) is 14.9 Å². The number of fused-ring (bicyclic) bond motifs is 1. The highest BCUT2D eigenvalue weighted by Crippen LogP contribution is 2.29. The summed E-state index contributed by atoms with van der Waals surface area (Å²) in [6.07, 6.45) is 2.15. The molecule has 1 aromatic heterocycles. The Morgan fingerprint density at radius 1 is 1.19 bits per heavy atom. The molecule has 136 valence electrons. The predicted molar refractivity (Wildman–Crippen MR) is 100 cm³/mol. The molecule has 0 saturated carbocycles. The number of aryl methyl sites for hydroxylation is 1. The quantitative estimate of drug-likeness (QED) is 0.708. The summed E-state index contributed by atoms with van der Waals surface area (Å²) < 4.78 is 12.6. The summed E-state index contributed by atoms with van der Waals surface area (Å²) >= 11 is 0. The zero-order valence-corrected chi connectivity index (χ0v) is 15.2. The number of aromatic nitrogens is 2. The zero-order chi connectivity index (χ0) is 18.5. The molecule has 1 unspecified atom stereocenters. The molecule has 0 bridgehead atoms. The lowest BCUT2D eigenvalue weighted by atomic mass is 10.1. The van der Waals surface area contributed by atoms with Crippen LogP contribution in [0.5, 0.6) is 11.5 Å². The van der Waals surface area contributed by atoms with Crippen molar-refractivity contribution in [1.29, 1.82) is 0 Å². The van der Waals surface area contributed by atoms with E-state index >= 15 is 0 Å². The number of benzene rings is 2. The minimum absolute atomic E-state index is 0.0202. The van der Waals surface area contributed by atoms with Gasteiger partial charge in [0.1, 0.15) is 11.5 Å². The van der Waals surface area contributed by atoms with E-state index in [1.165, 1.54) is 0 Å². The molecule has 1 heterocycles. The molecular formula is C20H23N3O3. The largest absolute Gasteiger partial charge is 0.497 e. The van der Waals surface area contributed by atoms with Crippen molar-refractivity contribution < 1.29 is 14.3 Å². The first-order valence-corrected chi connectivity index (χ1v) is 8.53. The van der Waals surface area contributed by atoms with E-state index in [4.69, 9.17) is 9.47 Å². The van der Waals surface area contributed by atoms with Crippen LogP contribution in [-0.2, 0) is 11.3 Å². The lowest BCUT2D eigenvalue weighted by Gasteiger charge is -2.18. The lowest BCUT2D eigenvalue weighted by Crippen LogP contribution is -2.27. The highest BCUT2D eigenvalue weighted by atomic mass is 16.5. The Balaban J connectivity index is 1.63. The molecule has 26 heavy (non-hydrogen) atoms. The third-order valence-corrected chi connectivity index (χ3v) is 4.39. The van der Waals surface area contributed by atoms with Crippen molar-refractivity contribution in [2.75, 3.05) is 14.2 Å². The fraction of sp³-hybridized carbons (Fsp3) is 0.300. The monoisotopic (exact) mass is 353 g/mol. The normalized spacial score (nSPS) is 12.0. The molecule has 6 nitrogen and oxygen atoms in total. The van der Waals surface area contributed by atoms with Crippen LogP contribution in [0.4, 0.5) is 0 Å². The standard InChI is InChI=1S/C20H23N3O3/c1-14(16-9-8-15(25-2)12-19(16)26-3)22-20(24)10-11-23-13-21-17-6-4-5-7-18(17)23/h4-9,12-14H,10-11H2,1-3H3,(H,22,24). The third kappa shape index (κ3) is 3.79. The van der Waals surface area contributed by atoms with E-state index in [1.54, 1.807) is 20.5 Å². The number of methoxy groups -OCH3 is 2. The number of carbonyl (C=O) groups excluding carboxylic acids is 1. The summed E-state index contributed by atoms with van der Waals surface area (Å²) in [5, 5.41) is 3.03. The maximum absolute atomic E-state index is 12.4. The van der Waals surface area contributed by atoms with Gasteiger partial charge in [0.25, 0.3) is 0 Å². The van der Waals surface area contributed by atoms with Crippen molar-refractivity contribution >= 4 is 16.9 Å². The first-order chi connectivity index (χ1) is 12.6. The number of amides is 1. The van der Waals surface area contributed by atoms with Gasteiger partial charge in [0.2, 0.25) is 5.91 Å². The van der Waals surface area contributed by atoms with Crippen LogP contribution in [-0.4, -0.2) is 29.7 Å². The third-order valence-electron chi connectivity index (χ3n) is 4.39. The average Bonchev–Trinajstić information content (AvgIpc) is 3.09. The maximum Gasteiger partial charge on any atom is 0.222 e. The summed E-state index contributed by atoms with van der Waals surface area (Å²) in [7, 11) is 3.22. The number of rotatable bonds is 7. The Hall–Kier alpha value is -3.02. The Bertz CT molecular complexity index is 904. The van der Waals surface area contributed by atoms with Gasteiger partial charge in [0.15, 0.2) is 0 Å². The fourth-order valence-corrected chi connectivity index (χ4v) is 2.98. The topological polar surface area (TPSA) is 65.4 Å². The highest BCUT2D eigenvalue weighted by molar-refractivity contribution is 5.78. The Morgan fingerprint density at radius 2 is 2.00 bits per heavy atom. The minimum atomic E-state index is -0.164. The predicted octanol–water partition coefficient (Wildman–Crippen LogP) is 3.32. The van der Waals surface area contributed by atoms with Gasteiger partial charge in [-0.05, 0) is 31.2 Å². The zero-order valence-electron chi connectivity index (χ0n) is 15.2. The molecule has 0 aliphatic carbocycles. The summed E-state index contributed by atoms with van der Waals surface area (Å²) in [6, 6.07) is 13.3. The van der Waals surface area contributed by atoms with Crippen LogP contribution in [0.25, 0.3) is 11.0 Å². The van der Waals surface area contributed by atoms with E-state index in [9.17, 15) is 4.79 Å². The van der Waals surface area contributed by atoms with Crippen molar-refractivity contribution in [2.24, 2.45) is 0 Å². The first-order valence-electron chi connectivity index (χ1n) is 8.53. The number of hydrogen-bond donors (Lipinski definition) is 1. The maximum atomic E-state index is 12.4. The van der Waals surface area contributed by atoms with Crippen LogP contribution >= 0.6 is 0 Å². The molecule has 3 aromatic rings. The van der Waals surface area contributed by atoms with Gasteiger partial charge in [-0.1, -0.05) is 12.1 Å². The number of carbonyl (C=O) groups is 1. The van der Waals surface area contributed by atoms with Gasteiger partial charge in [0.05, 0.1) is 37.6 Å². The summed E-state index contributed by atoms with van der Waals surface area (Å²) in [5.41, 5.74) is 2.88. The first kappa shape index (κ1) is 17.8. The van der Waals surface area contributed by atoms with Crippen molar-refractivity contribution in [3.05, 3.63) is 54.4 Å². The molecule has 0 aliphatic rings. The highest BCUT2D eigenvalue weighted by Gasteiger charge is 2.15. The molecule has 0 aliphatic heterocycles. The van der Waals surface area contributed by atoms with E-state index in [1.807, 2.05) is 54.0 Å². The molecule has 0 spiro atoms. The number of nitrogens with zero attached hydrogens (tertiary/aromatic N) is 2. The molecule has 1 N–H and O–H groups in total. The van der Waals surface area contributed by atoms with Crippen LogP contribution in [0.2, 0.25) is 0 Å². The van der Waals surface area contributed by atoms with Crippen molar-refractivity contribution in [3.8, 4) is 11.5 Å². The molecule has 0 saturated heterocycles. The Morgan fingerprint density at radius 3 is 2.77 bits per heavy atom. The summed E-state index contributed by atoms with van der Waals surface area (Å²) in [5.74, 6) is 1.39. The van der Waals surface area contributed by atoms with E-state index in [0.717, 1.165) is 22.3 Å². The molecular weight excluding hydrogens is 330 g/mol. The van der Waals surface area contributed by atoms with Gasteiger partial charge in [-0.25, -0.2) is 4.98 Å². The average molecular weight is 353 g/mol. The second-order valence-electron chi connectivity index (χ2n) is 6.07. The van der Waals surface area contributed by atoms with Gasteiger partial charge >= 0.3 is 0 Å². The second kappa shape index (κ2) is 7.91. The fourth-order valence-electron chi connectivity index (χ4n) is 2.98. The second-order valence-corrected chi connectivity index (χ2v) is 6.07. The number of hydrogen-bond acceptors (Lipinski definition) is 4. The van der Waals surface area contributed by atoms with Gasteiger partial charge < -0.3 is 19.4 Å². The van der Waals surface area contributed by atoms with Gasteiger partial charge in [-0.3, -0.25) is 4.79 Å². The van der Waals surface area contributed by atoms with Gasteiger partial charge in [0, 0.05) is 24.6 Å². The molecule has 2 aromatic carbocycles. The van der Waals surface area contributed by atoms with Gasteiger partial charge in [-0.2, -0.15) is 0 Å². The van der Waals surface area contributed by atoms with Crippen LogP contribution in [0.3, 0.4) is 0 Å². The number of nitrogens with one attached hydrogen (secondary N) is 1. The van der Waals surface area contributed by atoms with E-state index in [-0.39, 0.29) is 11.9 Å². The van der Waals surface area contributed by atoms with Crippen molar-refractivity contribution in [3.63, 3.8) is 0 Å².